The topological polar surface area (TPSA) is 141 Å². The zero-order valence-corrected chi connectivity index (χ0v) is 25.0. The molecule has 6 rings (SSSR count). The number of non-ortho nitro benzene ring substituents is 1. The van der Waals surface area contributed by atoms with Crippen molar-refractivity contribution in [3.05, 3.63) is 72.7 Å². The number of carbonyl (C=O) groups excluding carboxylic acids is 3. The zero-order chi connectivity index (χ0) is 30.4. The Morgan fingerprint density at radius 2 is 1.67 bits per heavy atom. The van der Waals surface area contributed by atoms with Crippen LogP contribution in [0.5, 0.6) is 11.5 Å². The van der Waals surface area contributed by atoms with Crippen molar-refractivity contribution < 1.29 is 28.8 Å². The predicted octanol–water partition coefficient (Wildman–Crippen LogP) is 3.64. The van der Waals surface area contributed by atoms with Gasteiger partial charge in [-0.05, 0) is 49.1 Å². The number of amides is 3. The molecule has 14 heteroatoms. The Morgan fingerprint density at radius 1 is 0.977 bits per heavy atom. The molecule has 3 aliphatic rings. The third-order valence-corrected chi connectivity index (χ3v) is 10.7. The van der Waals surface area contributed by atoms with E-state index < -0.39 is 33.8 Å². The number of carbonyl (C=O) groups is 3. The second-order valence-corrected chi connectivity index (χ2v) is 12.6. The van der Waals surface area contributed by atoms with Crippen LogP contribution in [0.1, 0.15) is 35.6 Å². The Hall–Kier alpha value is -4.17. The third-order valence-electron chi connectivity index (χ3n) is 8.14. The summed E-state index contributed by atoms with van der Waals surface area (Å²) < 4.78 is 12.4. The highest BCUT2D eigenvalue weighted by atomic mass is 32.2. The number of hydrogen-bond acceptors (Lipinski definition) is 10. The van der Waals surface area contributed by atoms with E-state index in [1.807, 2.05) is 0 Å². The highest BCUT2D eigenvalue weighted by Gasteiger charge is 2.57. The maximum Gasteiger partial charge on any atom is 0.308 e. The van der Waals surface area contributed by atoms with Gasteiger partial charge in [-0.3, -0.25) is 33.9 Å². The van der Waals surface area contributed by atoms with E-state index in [2.05, 4.69) is 0 Å². The van der Waals surface area contributed by atoms with Gasteiger partial charge in [-0.2, -0.15) is 0 Å². The molecule has 1 aromatic heterocycles. The smallest absolute Gasteiger partial charge is 0.308 e. The molecule has 0 bridgehead atoms. The summed E-state index contributed by atoms with van der Waals surface area (Å²) in [6.45, 7) is 1.13. The Labute approximate surface area is 254 Å². The van der Waals surface area contributed by atoms with Crippen LogP contribution in [-0.4, -0.2) is 64.7 Å². The number of nitro groups is 1. The molecule has 0 N–H and O–H groups in total. The Balaban J connectivity index is 1.45. The maximum atomic E-state index is 14.1. The molecule has 2 saturated heterocycles. The SMILES string of the molecule is COc1ccc([C@@H]2c3sc(=O)n(CC(=O)N4CCCCC4)c3S[C@@H]3C(=O)N(c4ccc([N+](=O)[O-])cc4)C(=O)[C@H]23)cc1OC. The van der Waals surface area contributed by atoms with E-state index in [0.29, 0.717) is 40.1 Å². The Kier molecular flexibility index (Phi) is 7.73. The van der Waals surface area contributed by atoms with E-state index in [0.717, 1.165) is 47.3 Å². The minimum atomic E-state index is -0.890. The van der Waals surface area contributed by atoms with Crippen LogP contribution < -0.4 is 19.2 Å². The van der Waals surface area contributed by atoms with Gasteiger partial charge in [-0.15, -0.1) is 0 Å². The summed E-state index contributed by atoms with van der Waals surface area (Å²) in [5.74, 6) is -1.78. The fourth-order valence-corrected chi connectivity index (χ4v) is 8.79. The van der Waals surface area contributed by atoms with Gasteiger partial charge in [0.15, 0.2) is 11.5 Å². The summed E-state index contributed by atoms with van der Waals surface area (Å²) in [6.07, 6.45) is 2.89. The monoisotopic (exact) mass is 624 g/mol. The summed E-state index contributed by atoms with van der Waals surface area (Å²) in [5, 5.41) is 10.8. The van der Waals surface area contributed by atoms with E-state index >= 15 is 0 Å². The lowest BCUT2D eigenvalue weighted by molar-refractivity contribution is -0.384. The van der Waals surface area contributed by atoms with Crippen LogP contribution in [0.2, 0.25) is 0 Å². The summed E-state index contributed by atoms with van der Waals surface area (Å²) >= 11 is 2.10. The van der Waals surface area contributed by atoms with Crippen molar-refractivity contribution in [2.75, 3.05) is 32.2 Å². The number of ether oxygens (including phenoxy) is 2. The van der Waals surface area contributed by atoms with E-state index in [9.17, 15) is 29.3 Å². The fraction of sp³-hybridized carbons (Fsp3) is 0.379. The molecule has 0 saturated carbocycles. The molecule has 4 heterocycles. The first-order valence-electron chi connectivity index (χ1n) is 13.8. The summed E-state index contributed by atoms with van der Waals surface area (Å²) in [7, 11) is 3.00. The number of piperidine rings is 1. The quantitative estimate of drug-likeness (QED) is 0.219. The van der Waals surface area contributed by atoms with E-state index in [4.69, 9.17) is 9.47 Å². The number of thioether (sulfide) groups is 1. The number of nitro benzene ring substituents is 1. The molecule has 224 valence electrons. The number of thiazole rings is 1. The van der Waals surface area contributed by atoms with Gasteiger partial charge >= 0.3 is 4.87 Å². The lowest BCUT2D eigenvalue weighted by Crippen LogP contribution is -2.39. The second kappa shape index (κ2) is 11.5. The molecular weight excluding hydrogens is 596 g/mol. The molecule has 0 aliphatic carbocycles. The van der Waals surface area contributed by atoms with E-state index in [-0.39, 0.29) is 28.7 Å². The van der Waals surface area contributed by atoms with Gasteiger partial charge in [0, 0.05) is 36.0 Å². The van der Waals surface area contributed by atoms with Crippen LogP contribution in [-0.2, 0) is 20.9 Å². The molecule has 0 spiro atoms. The highest BCUT2D eigenvalue weighted by Crippen LogP contribution is 2.54. The number of nitrogens with zero attached hydrogens (tertiary/aromatic N) is 4. The van der Waals surface area contributed by atoms with Crippen LogP contribution in [0.4, 0.5) is 11.4 Å². The van der Waals surface area contributed by atoms with Crippen LogP contribution in [0, 0.1) is 16.0 Å². The van der Waals surface area contributed by atoms with Crippen LogP contribution in [0.3, 0.4) is 0 Å². The van der Waals surface area contributed by atoms with Crippen molar-refractivity contribution in [1.29, 1.82) is 0 Å². The normalized spacial score (nSPS) is 21.4. The molecule has 0 unspecified atom stereocenters. The van der Waals surface area contributed by atoms with Crippen LogP contribution in [0.15, 0.2) is 52.3 Å². The fourth-order valence-electron chi connectivity index (χ4n) is 6.02. The standard InChI is InChI=1S/C29H28N4O8S2/c1-40-19-11-6-16(14-20(19)41-2)22-23-24(27(36)32(26(23)35)17-7-9-18(10-8-17)33(38)39)42-28-25(22)43-29(37)31(28)15-21(34)30-12-4-3-5-13-30/h6-11,14,22-24H,3-5,12-13,15H2,1-2H3/t22-,23+,24-/m0/s1. The maximum absolute atomic E-state index is 14.1. The number of imide groups is 1. The van der Waals surface area contributed by atoms with Crippen molar-refractivity contribution in [2.45, 2.75) is 42.0 Å². The van der Waals surface area contributed by atoms with Crippen molar-refractivity contribution in [3.63, 3.8) is 0 Å². The summed E-state index contributed by atoms with van der Waals surface area (Å²) in [6, 6.07) is 10.5. The molecule has 3 atom stereocenters. The van der Waals surface area contributed by atoms with E-state index in [1.54, 1.807) is 23.1 Å². The van der Waals surface area contributed by atoms with Gasteiger partial charge in [-0.25, -0.2) is 4.90 Å². The summed E-state index contributed by atoms with van der Waals surface area (Å²) in [4.78, 5) is 68.3. The third kappa shape index (κ3) is 4.97. The molecule has 12 nitrogen and oxygen atoms in total. The van der Waals surface area contributed by atoms with Crippen LogP contribution in [0.25, 0.3) is 0 Å². The van der Waals surface area contributed by atoms with Gasteiger partial charge in [0.05, 0.1) is 35.8 Å². The first-order chi connectivity index (χ1) is 20.7. The van der Waals surface area contributed by atoms with Gasteiger partial charge in [0.25, 0.3) is 5.69 Å². The number of fused-ring (bicyclic) bond motifs is 2. The number of methoxy groups -OCH3 is 2. The van der Waals surface area contributed by atoms with Gasteiger partial charge in [-0.1, -0.05) is 29.2 Å². The number of aromatic nitrogens is 1. The van der Waals surface area contributed by atoms with Crippen molar-refractivity contribution >= 4 is 52.2 Å². The second-order valence-electron chi connectivity index (χ2n) is 10.5. The van der Waals surface area contributed by atoms with Crippen molar-refractivity contribution in [3.8, 4) is 11.5 Å². The first kappa shape index (κ1) is 28.9. The number of benzene rings is 2. The molecule has 2 aromatic carbocycles. The molecule has 0 radical (unpaired) electrons. The number of likely N-dealkylation sites (tertiary alicyclic amines) is 1. The molecule has 2 fully saturated rings. The Morgan fingerprint density at radius 3 is 2.33 bits per heavy atom. The minimum Gasteiger partial charge on any atom is -0.493 e. The van der Waals surface area contributed by atoms with Crippen molar-refractivity contribution in [1.82, 2.24) is 9.47 Å². The van der Waals surface area contributed by atoms with Crippen LogP contribution >= 0.6 is 23.1 Å². The average Bonchev–Trinajstić information content (AvgIpc) is 3.47. The lowest BCUT2D eigenvalue weighted by Gasteiger charge is -2.31. The molecule has 3 amide bonds. The summed E-state index contributed by atoms with van der Waals surface area (Å²) in [5.41, 5.74) is 0.710. The van der Waals surface area contributed by atoms with Gasteiger partial charge in [0.2, 0.25) is 17.7 Å². The lowest BCUT2D eigenvalue weighted by atomic mass is 9.83. The van der Waals surface area contributed by atoms with Crippen molar-refractivity contribution in [2.24, 2.45) is 5.92 Å². The van der Waals surface area contributed by atoms with Gasteiger partial charge < -0.3 is 14.4 Å². The number of anilines is 1. The highest BCUT2D eigenvalue weighted by molar-refractivity contribution is 8.00. The average molecular weight is 625 g/mol. The largest absolute Gasteiger partial charge is 0.493 e. The number of rotatable bonds is 7. The molecule has 3 aliphatic heterocycles. The Bertz CT molecular complexity index is 1680. The van der Waals surface area contributed by atoms with E-state index in [1.165, 1.54) is 43.1 Å². The predicted molar refractivity (Wildman–Crippen MR) is 159 cm³/mol. The van der Waals surface area contributed by atoms with Gasteiger partial charge in [0.1, 0.15) is 11.8 Å². The molecule has 43 heavy (non-hydrogen) atoms. The molecular formula is C29H28N4O8S2. The molecule has 3 aromatic rings. The first-order valence-corrected chi connectivity index (χ1v) is 15.4. The minimum absolute atomic E-state index is 0.151. The zero-order valence-electron chi connectivity index (χ0n) is 23.4. The number of hydrogen-bond donors (Lipinski definition) is 0.